The van der Waals surface area contributed by atoms with Crippen molar-refractivity contribution in [2.24, 2.45) is 35.5 Å². The molecule has 14 nitrogen and oxygen atoms in total. The molecule has 8 rings (SSSR count). The third kappa shape index (κ3) is 17.7. The largest absolute Gasteiger partial charge is 0.462 e. The van der Waals surface area contributed by atoms with Gasteiger partial charge in [-0.25, -0.2) is 37.5 Å². The Morgan fingerprint density at radius 3 is 1.58 bits per heavy atom. The second-order valence-electron chi connectivity index (χ2n) is 18.5. The fraction of sp³-hybridized carbons (Fsp3) is 0.681. The lowest BCUT2D eigenvalue weighted by molar-refractivity contribution is -0.182. The van der Waals surface area contributed by atoms with Crippen LogP contribution in [0, 0.1) is 35.5 Å². The SMILES string of the molecule is C=C(C)C(=O)OC12CC3CC(CC(C3)C1)C2.C=C(C)C(=O)OCC(=O)OC1C2CC3CC(C2)C(=O)OC1C3.C=C(C)C(=O)OCCC(C)(F)F.C=C(C)C(=O)OCCOC(=O)C(C)(F)F. The van der Waals surface area contributed by atoms with E-state index in [0.29, 0.717) is 18.4 Å². The Kier molecular flexibility index (Phi) is 19.6. The zero-order valence-electron chi connectivity index (χ0n) is 38.3. The summed E-state index contributed by atoms with van der Waals surface area (Å²) in [5.74, 6) is -7.75. The smallest absolute Gasteiger partial charge is 0.376 e. The van der Waals surface area contributed by atoms with E-state index in [9.17, 15) is 51.1 Å². The molecule has 0 spiro atoms. The molecular formula is C47H64F4O14. The summed E-state index contributed by atoms with van der Waals surface area (Å²) in [7, 11) is 0. The maximum atomic E-state index is 12.2. The molecule has 6 aliphatic carbocycles. The molecule has 2 heterocycles. The van der Waals surface area contributed by atoms with Crippen LogP contribution < -0.4 is 0 Å². The first kappa shape index (κ1) is 54.3. The van der Waals surface area contributed by atoms with Gasteiger partial charge in [0.25, 0.3) is 0 Å². The van der Waals surface area contributed by atoms with Crippen molar-refractivity contribution in [3.05, 3.63) is 48.6 Å². The monoisotopic (exact) mass is 928 g/mol. The van der Waals surface area contributed by atoms with Crippen molar-refractivity contribution in [1.29, 1.82) is 0 Å². The van der Waals surface area contributed by atoms with Crippen LogP contribution in [-0.2, 0) is 66.7 Å². The Morgan fingerprint density at radius 1 is 0.631 bits per heavy atom. The summed E-state index contributed by atoms with van der Waals surface area (Å²) in [4.78, 5) is 78.8. The third-order valence-corrected chi connectivity index (χ3v) is 11.8. The van der Waals surface area contributed by atoms with Crippen LogP contribution >= 0.6 is 0 Å². The lowest BCUT2D eigenvalue weighted by Gasteiger charge is -2.55. The van der Waals surface area contributed by atoms with E-state index in [1.54, 1.807) is 6.92 Å². The average molecular weight is 929 g/mol. The molecule has 8 fully saturated rings. The van der Waals surface area contributed by atoms with Gasteiger partial charge in [-0.15, -0.1) is 0 Å². The minimum Gasteiger partial charge on any atom is -0.462 e. The van der Waals surface area contributed by atoms with Crippen LogP contribution in [0.1, 0.15) is 112 Å². The van der Waals surface area contributed by atoms with Gasteiger partial charge in [0.15, 0.2) is 6.61 Å². The zero-order chi connectivity index (χ0) is 49.0. The maximum Gasteiger partial charge on any atom is 0.376 e. The van der Waals surface area contributed by atoms with Gasteiger partial charge in [0.05, 0.1) is 12.5 Å². The molecule has 0 N–H and O–H groups in total. The Bertz CT molecular complexity index is 1790. The molecule has 2 aliphatic heterocycles. The standard InChI is InChI=1S/C16H20O6.C14H20O2.C9H12F2O4.C8H12F2O2/c1-8(2)15(18)20-7-13(17)22-14-10-3-9-4-11(6-10)16(19)21-12(14)5-9;1-9(2)13(15)16-14-6-10-3-11(7-14)5-12(4-10)8-14;1-6(2)7(12)14-4-5-15-8(13)9(3,10)11;1-6(2)7(11)12-5-4-8(3,9)10/h9-12,14H,1,3-7H2,2H3;10-12H,1,3-8H2,2H3;1,4-5H2,2-3H3;1,4-5H2,2-3H3. The Hall–Kier alpha value is -5.03. The minimum absolute atomic E-state index is 0.0568. The summed E-state index contributed by atoms with van der Waals surface area (Å²) in [6.45, 7) is 19.7. The number of alkyl halides is 4. The third-order valence-electron chi connectivity index (χ3n) is 11.8. The van der Waals surface area contributed by atoms with E-state index in [1.165, 1.54) is 40.0 Å². The van der Waals surface area contributed by atoms with Gasteiger partial charge in [-0.2, -0.15) is 8.78 Å². The summed E-state index contributed by atoms with van der Waals surface area (Å²) in [5.41, 5.74) is 1.06. The fourth-order valence-corrected chi connectivity index (χ4v) is 9.27. The van der Waals surface area contributed by atoms with Crippen LogP contribution in [0.2, 0.25) is 0 Å². The number of rotatable bonds is 15. The molecule has 0 amide bonds. The highest BCUT2D eigenvalue weighted by Gasteiger charge is 2.54. The molecule has 0 aromatic rings. The first-order valence-corrected chi connectivity index (χ1v) is 21.8. The van der Waals surface area contributed by atoms with E-state index >= 15 is 0 Å². The van der Waals surface area contributed by atoms with Gasteiger partial charge < -0.3 is 33.2 Å². The lowest BCUT2D eigenvalue weighted by atomic mass is 9.54. The quantitative estimate of drug-likeness (QED) is 0.0507. The number of fused-ring (bicyclic) bond motifs is 1. The molecule has 8 bridgehead atoms. The topological polar surface area (TPSA) is 184 Å². The van der Waals surface area contributed by atoms with E-state index < -0.39 is 67.4 Å². The molecule has 0 radical (unpaired) electrons. The van der Waals surface area contributed by atoms with Crippen molar-refractivity contribution in [3.8, 4) is 0 Å². The Labute approximate surface area is 377 Å². The highest BCUT2D eigenvalue weighted by molar-refractivity contribution is 5.89. The summed E-state index contributed by atoms with van der Waals surface area (Å²) < 4.78 is 83.4. The van der Waals surface area contributed by atoms with Gasteiger partial charge in [-0.05, 0) is 122 Å². The van der Waals surface area contributed by atoms with Crippen molar-refractivity contribution >= 4 is 41.8 Å². The van der Waals surface area contributed by atoms with E-state index in [2.05, 4.69) is 40.5 Å². The van der Waals surface area contributed by atoms with E-state index in [4.69, 9.17) is 18.9 Å². The van der Waals surface area contributed by atoms with Gasteiger partial charge in [0.1, 0.15) is 31.0 Å². The molecule has 0 aromatic heterocycles. The molecule has 6 saturated carbocycles. The van der Waals surface area contributed by atoms with Crippen molar-refractivity contribution < 1.29 is 84.3 Å². The number of halogens is 4. The number of esters is 7. The van der Waals surface area contributed by atoms with Crippen LogP contribution in [-0.4, -0.2) is 97.9 Å². The Balaban J connectivity index is 0.000000237. The predicted molar refractivity (Wildman–Crippen MR) is 225 cm³/mol. The number of hydrogen-bond donors (Lipinski definition) is 0. The summed E-state index contributed by atoms with van der Waals surface area (Å²) in [5, 5.41) is 0. The van der Waals surface area contributed by atoms with Crippen LogP contribution in [0.3, 0.4) is 0 Å². The molecular weight excluding hydrogens is 864 g/mol. The summed E-state index contributed by atoms with van der Waals surface area (Å²) >= 11 is 0. The number of carbonyl (C=O) groups is 7. The minimum atomic E-state index is -3.53. The number of hydrogen-bond acceptors (Lipinski definition) is 14. The van der Waals surface area contributed by atoms with Gasteiger partial charge in [0.2, 0.25) is 5.92 Å². The molecule has 8 aliphatic rings. The van der Waals surface area contributed by atoms with E-state index in [1.807, 2.05) is 0 Å². The van der Waals surface area contributed by atoms with Crippen LogP contribution in [0.4, 0.5) is 17.6 Å². The van der Waals surface area contributed by atoms with Crippen LogP contribution in [0.5, 0.6) is 0 Å². The van der Waals surface area contributed by atoms with Crippen molar-refractivity contribution in [1.82, 2.24) is 0 Å². The summed E-state index contributed by atoms with van der Waals surface area (Å²) in [6, 6.07) is 0. The zero-order valence-corrected chi connectivity index (χ0v) is 38.3. The lowest BCUT2D eigenvalue weighted by Crippen LogP contribution is -2.52. The predicted octanol–water partition coefficient (Wildman–Crippen LogP) is 7.91. The molecule has 5 unspecified atom stereocenters. The van der Waals surface area contributed by atoms with Crippen molar-refractivity contribution in [3.63, 3.8) is 0 Å². The molecule has 2 saturated heterocycles. The molecule has 364 valence electrons. The van der Waals surface area contributed by atoms with Crippen molar-refractivity contribution in [2.75, 3.05) is 26.4 Å². The second kappa shape index (κ2) is 23.4. The second-order valence-corrected chi connectivity index (χ2v) is 18.5. The first-order valence-electron chi connectivity index (χ1n) is 21.8. The highest BCUT2D eigenvalue weighted by atomic mass is 19.3. The van der Waals surface area contributed by atoms with Gasteiger partial charge in [-0.1, -0.05) is 26.3 Å². The van der Waals surface area contributed by atoms with Crippen LogP contribution in [0.25, 0.3) is 0 Å². The normalized spacial score (nSPS) is 27.4. The van der Waals surface area contributed by atoms with Crippen molar-refractivity contribution in [2.45, 2.75) is 142 Å². The summed E-state index contributed by atoms with van der Waals surface area (Å²) in [6.07, 6.45) is 9.57. The maximum absolute atomic E-state index is 12.2. The van der Waals surface area contributed by atoms with Crippen LogP contribution in [0.15, 0.2) is 48.6 Å². The van der Waals surface area contributed by atoms with Gasteiger partial charge >= 0.3 is 47.7 Å². The Morgan fingerprint density at radius 2 is 1.11 bits per heavy atom. The van der Waals surface area contributed by atoms with Gasteiger partial charge in [-0.3, -0.25) is 4.79 Å². The first-order chi connectivity index (χ1) is 30.1. The number of carbonyl (C=O) groups excluding carboxylic acids is 7. The molecule has 65 heavy (non-hydrogen) atoms. The fourth-order valence-electron chi connectivity index (χ4n) is 9.27. The van der Waals surface area contributed by atoms with Gasteiger partial charge in [0, 0.05) is 41.6 Å². The highest BCUT2D eigenvalue weighted by Crippen LogP contribution is 2.57. The van der Waals surface area contributed by atoms with E-state index in [-0.39, 0.29) is 65.4 Å². The average Bonchev–Trinajstić information content (AvgIpc) is 3.34. The van der Waals surface area contributed by atoms with E-state index in [0.717, 1.165) is 69.6 Å². The molecule has 5 atom stereocenters. The number of ether oxygens (including phenoxy) is 7. The molecule has 0 aromatic carbocycles. The molecule has 18 heteroatoms.